The highest BCUT2D eigenvalue weighted by atomic mass is 79.9. The number of hydrogen-bond donors (Lipinski definition) is 1. The first kappa shape index (κ1) is 18.7. The van der Waals surface area contributed by atoms with Crippen molar-refractivity contribution in [3.8, 4) is 0 Å². The van der Waals surface area contributed by atoms with Gasteiger partial charge in [0.1, 0.15) is 0 Å². The zero-order valence-electron chi connectivity index (χ0n) is 13.5. The van der Waals surface area contributed by atoms with Crippen molar-refractivity contribution in [1.82, 2.24) is 5.32 Å². The first-order valence-electron chi connectivity index (χ1n) is 8.29. The van der Waals surface area contributed by atoms with Gasteiger partial charge in [0.2, 0.25) is 0 Å². The lowest BCUT2D eigenvalue weighted by Crippen LogP contribution is -2.26. The minimum atomic E-state index is 0.652. The topological polar surface area (TPSA) is 21.3 Å². The van der Waals surface area contributed by atoms with Crippen molar-refractivity contribution in [2.45, 2.75) is 46.0 Å². The summed E-state index contributed by atoms with van der Waals surface area (Å²) in [4.78, 5) is 0. The third-order valence-corrected chi connectivity index (χ3v) is 4.14. The number of unbranched alkanes of at least 4 members (excludes halogenated alkanes) is 1. The Labute approximate surface area is 138 Å². The highest BCUT2D eigenvalue weighted by Crippen LogP contribution is 2.16. The summed E-state index contributed by atoms with van der Waals surface area (Å²) in [5.41, 5.74) is 1.41. The van der Waals surface area contributed by atoms with Gasteiger partial charge in [-0.3, -0.25) is 0 Å². The molecule has 1 atom stereocenters. The molecular formula is C18H30BrNO. The van der Waals surface area contributed by atoms with Gasteiger partial charge in [0.15, 0.2) is 0 Å². The van der Waals surface area contributed by atoms with Crippen molar-refractivity contribution in [3.63, 3.8) is 0 Å². The van der Waals surface area contributed by atoms with Crippen molar-refractivity contribution in [2.75, 3.05) is 26.3 Å². The van der Waals surface area contributed by atoms with Crippen molar-refractivity contribution in [3.05, 3.63) is 34.3 Å². The van der Waals surface area contributed by atoms with Gasteiger partial charge >= 0.3 is 0 Å². The highest BCUT2D eigenvalue weighted by molar-refractivity contribution is 9.10. The maximum atomic E-state index is 5.73. The molecule has 0 heterocycles. The van der Waals surface area contributed by atoms with E-state index < -0.39 is 0 Å². The van der Waals surface area contributed by atoms with E-state index in [0.717, 1.165) is 43.6 Å². The second-order valence-corrected chi connectivity index (χ2v) is 6.57. The lowest BCUT2D eigenvalue weighted by molar-refractivity contribution is 0.117. The van der Waals surface area contributed by atoms with Crippen LogP contribution < -0.4 is 5.32 Å². The van der Waals surface area contributed by atoms with E-state index in [1.165, 1.54) is 24.8 Å². The van der Waals surface area contributed by atoms with E-state index in [1.807, 2.05) is 0 Å². The average Bonchev–Trinajstić information content (AvgIpc) is 2.49. The van der Waals surface area contributed by atoms with Crippen LogP contribution in [0.2, 0.25) is 0 Å². The summed E-state index contributed by atoms with van der Waals surface area (Å²) in [7, 11) is 0. The number of nitrogens with one attached hydrogen (secondary N) is 1. The van der Waals surface area contributed by atoms with Crippen LogP contribution in [0.4, 0.5) is 0 Å². The SMILES string of the molecule is CCCCOCCC(CNCCC)Cc1ccc(Br)cc1. The summed E-state index contributed by atoms with van der Waals surface area (Å²) in [5.74, 6) is 0.652. The molecule has 21 heavy (non-hydrogen) atoms. The lowest BCUT2D eigenvalue weighted by Gasteiger charge is -2.18. The van der Waals surface area contributed by atoms with E-state index in [4.69, 9.17) is 4.74 Å². The fourth-order valence-electron chi connectivity index (χ4n) is 2.31. The van der Waals surface area contributed by atoms with Gasteiger partial charge < -0.3 is 10.1 Å². The summed E-state index contributed by atoms with van der Waals surface area (Å²) in [5, 5.41) is 3.55. The van der Waals surface area contributed by atoms with Crippen LogP contribution in [0, 0.1) is 5.92 Å². The zero-order chi connectivity index (χ0) is 15.3. The van der Waals surface area contributed by atoms with Crippen LogP contribution in [-0.4, -0.2) is 26.3 Å². The fourth-order valence-corrected chi connectivity index (χ4v) is 2.58. The van der Waals surface area contributed by atoms with Gasteiger partial charge in [0.25, 0.3) is 0 Å². The molecule has 0 amide bonds. The smallest absolute Gasteiger partial charge is 0.0469 e. The van der Waals surface area contributed by atoms with Crippen LogP contribution in [0.25, 0.3) is 0 Å². The molecule has 0 fully saturated rings. The molecule has 1 aromatic carbocycles. The van der Waals surface area contributed by atoms with Gasteiger partial charge in [0, 0.05) is 17.7 Å². The second kappa shape index (κ2) is 12.2. The van der Waals surface area contributed by atoms with Crippen LogP contribution in [0.5, 0.6) is 0 Å². The molecule has 1 unspecified atom stereocenters. The Kier molecular flexibility index (Phi) is 10.8. The van der Waals surface area contributed by atoms with Gasteiger partial charge in [-0.15, -0.1) is 0 Å². The third-order valence-electron chi connectivity index (χ3n) is 3.61. The van der Waals surface area contributed by atoms with Gasteiger partial charge in [-0.25, -0.2) is 0 Å². The predicted octanol–water partition coefficient (Wildman–Crippen LogP) is 4.81. The van der Waals surface area contributed by atoms with E-state index in [1.54, 1.807) is 0 Å². The molecule has 3 heteroatoms. The van der Waals surface area contributed by atoms with Gasteiger partial charge in [-0.1, -0.05) is 48.3 Å². The average molecular weight is 356 g/mol. The first-order valence-corrected chi connectivity index (χ1v) is 9.08. The van der Waals surface area contributed by atoms with E-state index in [-0.39, 0.29) is 0 Å². The molecule has 1 rings (SSSR count). The highest BCUT2D eigenvalue weighted by Gasteiger charge is 2.09. The summed E-state index contributed by atoms with van der Waals surface area (Å²) in [6.45, 7) is 8.40. The Balaban J connectivity index is 2.37. The van der Waals surface area contributed by atoms with Crippen LogP contribution in [0.3, 0.4) is 0 Å². The molecular weight excluding hydrogens is 326 g/mol. The number of hydrogen-bond acceptors (Lipinski definition) is 2. The molecule has 0 saturated heterocycles. The molecule has 0 aliphatic carbocycles. The van der Waals surface area contributed by atoms with Gasteiger partial charge in [0.05, 0.1) is 0 Å². The van der Waals surface area contributed by atoms with E-state index in [2.05, 4.69) is 59.4 Å². The quantitative estimate of drug-likeness (QED) is 0.543. The van der Waals surface area contributed by atoms with Crippen LogP contribution in [-0.2, 0) is 11.2 Å². The van der Waals surface area contributed by atoms with Crippen molar-refractivity contribution in [1.29, 1.82) is 0 Å². The molecule has 0 radical (unpaired) electrons. The first-order chi connectivity index (χ1) is 10.3. The summed E-state index contributed by atoms with van der Waals surface area (Å²) < 4.78 is 6.88. The molecule has 2 nitrogen and oxygen atoms in total. The minimum absolute atomic E-state index is 0.652. The molecule has 120 valence electrons. The standard InChI is InChI=1S/C18H30BrNO/c1-3-5-12-21-13-10-17(15-20-11-4-2)14-16-6-8-18(19)9-7-16/h6-9,17,20H,3-5,10-15H2,1-2H3. The summed E-state index contributed by atoms with van der Waals surface area (Å²) >= 11 is 3.50. The van der Waals surface area contributed by atoms with Crippen molar-refractivity contribution >= 4 is 15.9 Å². The summed E-state index contributed by atoms with van der Waals surface area (Å²) in [6.07, 6.45) is 5.83. The predicted molar refractivity (Wildman–Crippen MR) is 94.8 cm³/mol. The molecule has 0 aromatic heterocycles. The normalized spacial score (nSPS) is 12.5. The van der Waals surface area contributed by atoms with Crippen LogP contribution >= 0.6 is 15.9 Å². The summed E-state index contributed by atoms with van der Waals surface area (Å²) in [6, 6.07) is 8.69. The van der Waals surface area contributed by atoms with E-state index in [9.17, 15) is 0 Å². The number of benzene rings is 1. The number of halogens is 1. The number of ether oxygens (including phenoxy) is 1. The maximum absolute atomic E-state index is 5.73. The maximum Gasteiger partial charge on any atom is 0.0469 e. The Morgan fingerprint density at radius 2 is 1.86 bits per heavy atom. The molecule has 0 bridgehead atoms. The Bertz CT molecular complexity index is 353. The van der Waals surface area contributed by atoms with Crippen molar-refractivity contribution < 1.29 is 4.74 Å². The Morgan fingerprint density at radius 3 is 2.52 bits per heavy atom. The third kappa shape index (κ3) is 9.28. The molecule has 0 spiro atoms. The fraction of sp³-hybridized carbons (Fsp3) is 0.667. The monoisotopic (exact) mass is 355 g/mol. The Hall–Kier alpha value is -0.380. The van der Waals surface area contributed by atoms with Gasteiger partial charge in [-0.05, 0) is 62.4 Å². The second-order valence-electron chi connectivity index (χ2n) is 5.66. The zero-order valence-corrected chi connectivity index (χ0v) is 15.1. The minimum Gasteiger partial charge on any atom is -0.381 e. The molecule has 1 N–H and O–H groups in total. The van der Waals surface area contributed by atoms with Crippen molar-refractivity contribution in [2.24, 2.45) is 5.92 Å². The Morgan fingerprint density at radius 1 is 1.10 bits per heavy atom. The molecule has 0 saturated carbocycles. The molecule has 1 aromatic rings. The molecule has 0 aliphatic heterocycles. The lowest BCUT2D eigenvalue weighted by atomic mass is 9.96. The van der Waals surface area contributed by atoms with E-state index >= 15 is 0 Å². The molecule has 0 aliphatic rings. The largest absolute Gasteiger partial charge is 0.381 e. The van der Waals surface area contributed by atoms with Gasteiger partial charge in [-0.2, -0.15) is 0 Å². The van der Waals surface area contributed by atoms with E-state index in [0.29, 0.717) is 5.92 Å². The number of rotatable bonds is 12. The van der Waals surface area contributed by atoms with Crippen LogP contribution in [0.15, 0.2) is 28.7 Å². The van der Waals surface area contributed by atoms with Crippen LogP contribution in [0.1, 0.15) is 45.1 Å².